The molecule has 1 saturated carbocycles. The van der Waals surface area contributed by atoms with Crippen LogP contribution in [-0.4, -0.2) is 0 Å². The Kier molecular flexibility index (Phi) is 3.63. The van der Waals surface area contributed by atoms with Crippen molar-refractivity contribution >= 4 is 17.7 Å². The molecule has 1 aliphatic carbocycles. The minimum absolute atomic E-state index is 0.795. The summed E-state index contributed by atoms with van der Waals surface area (Å²) in [5, 5.41) is 0.795. The Bertz CT molecular complexity index is 365. The van der Waals surface area contributed by atoms with Crippen LogP contribution in [0.4, 0.5) is 0 Å². The van der Waals surface area contributed by atoms with Gasteiger partial charge in [0.05, 0.1) is 0 Å². The maximum Gasteiger partial charge on any atom is 0.0406 e. The van der Waals surface area contributed by atoms with E-state index in [1.807, 2.05) is 24.3 Å². The summed E-state index contributed by atoms with van der Waals surface area (Å²) in [6.45, 7) is 0. The molecule has 0 heterocycles. The fraction of sp³-hybridized carbons (Fsp3) is 0.286. The van der Waals surface area contributed by atoms with Gasteiger partial charge in [0, 0.05) is 5.02 Å². The van der Waals surface area contributed by atoms with Crippen molar-refractivity contribution in [3.05, 3.63) is 52.6 Å². The lowest BCUT2D eigenvalue weighted by atomic mass is 9.92. The van der Waals surface area contributed by atoms with Crippen molar-refractivity contribution in [3.63, 3.8) is 0 Å². The summed E-state index contributed by atoms with van der Waals surface area (Å²) in [7, 11) is 0. The molecule has 2 rings (SSSR count). The predicted molar refractivity (Wildman–Crippen MR) is 67.0 cm³/mol. The molecule has 0 saturated heterocycles. The summed E-state index contributed by atoms with van der Waals surface area (Å²) in [4.78, 5) is 0. The molecule has 1 heteroatoms. The van der Waals surface area contributed by atoms with Gasteiger partial charge in [-0.1, -0.05) is 47.5 Å². The molecule has 0 amide bonds. The molecule has 0 atom stereocenters. The van der Waals surface area contributed by atoms with E-state index in [-0.39, 0.29) is 0 Å². The van der Waals surface area contributed by atoms with Crippen molar-refractivity contribution in [2.45, 2.75) is 25.7 Å². The average Bonchev–Trinajstić information content (AvgIpc) is 2.18. The van der Waals surface area contributed by atoms with E-state index in [9.17, 15) is 0 Å². The average molecular weight is 219 g/mol. The largest absolute Gasteiger partial charge is 0.0843 e. The van der Waals surface area contributed by atoms with E-state index in [0.717, 1.165) is 11.4 Å². The van der Waals surface area contributed by atoms with Crippen LogP contribution in [0.3, 0.4) is 0 Å². The van der Waals surface area contributed by atoms with Crippen molar-refractivity contribution in [2.24, 2.45) is 0 Å². The number of halogens is 1. The van der Waals surface area contributed by atoms with Crippen LogP contribution in [0.25, 0.3) is 6.08 Å². The van der Waals surface area contributed by atoms with Gasteiger partial charge in [0.15, 0.2) is 0 Å². The van der Waals surface area contributed by atoms with Crippen LogP contribution in [0.2, 0.25) is 5.02 Å². The van der Waals surface area contributed by atoms with Gasteiger partial charge in [-0.2, -0.15) is 0 Å². The fourth-order valence-electron chi connectivity index (χ4n) is 1.60. The van der Waals surface area contributed by atoms with Crippen molar-refractivity contribution in [1.82, 2.24) is 0 Å². The topological polar surface area (TPSA) is 0 Å². The van der Waals surface area contributed by atoms with Crippen LogP contribution in [0.1, 0.15) is 31.2 Å². The zero-order valence-electron chi connectivity index (χ0n) is 8.75. The molecule has 0 spiro atoms. The lowest BCUT2D eigenvalue weighted by molar-refractivity contribution is 0.659. The minimum Gasteiger partial charge on any atom is -0.0843 e. The summed E-state index contributed by atoms with van der Waals surface area (Å²) in [6, 6.07) is 7.92. The Labute approximate surface area is 96.3 Å². The molecule has 0 N–H and O–H groups in total. The van der Waals surface area contributed by atoms with E-state index < -0.39 is 0 Å². The second kappa shape index (κ2) is 5.18. The van der Waals surface area contributed by atoms with E-state index in [0.29, 0.717) is 0 Å². The fourth-order valence-corrected chi connectivity index (χ4v) is 1.72. The highest BCUT2D eigenvalue weighted by molar-refractivity contribution is 6.30. The van der Waals surface area contributed by atoms with Gasteiger partial charge in [0.2, 0.25) is 0 Å². The number of rotatable bonds is 3. The lowest BCUT2D eigenvalue weighted by Crippen LogP contribution is -1.95. The summed E-state index contributed by atoms with van der Waals surface area (Å²) in [6.07, 6.45) is 11.8. The highest BCUT2D eigenvalue weighted by atomic mass is 35.5. The minimum atomic E-state index is 0.795. The van der Waals surface area contributed by atoms with Crippen LogP contribution in [-0.2, 0) is 0 Å². The predicted octanol–water partition coefficient (Wildman–Crippen LogP) is 4.85. The molecule has 0 bridgehead atoms. The zero-order valence-corrected chi connectivity index (χ0v) is 9.50. The van der Waals surface area contributed by atoms with Gasteiger partial charge in [-0.3, -0.25) is 0 Å². The molecule has 1 fully saturated rings. The second-order valence-corrected chi connectivity index (χ2v) is 4.34. The first kappa shape index (κ1) is 10.5. The number of allylic oxidation sites excluding steroid dienone is 3. The normalized spacial score (nSPS) is 15.4. The Morgan fingerprint density at radius 1 is 1.13 bits per heavy atom. The van der Waals surface area contributed by atoms with Crippen molar-refractivity contribution < 1.29 is 0 Å². The Hall–Kier alpha value is -1.01. The Morgan fingerprint density at radius 2 is 1.87 bits per heavy atom. The third kappa shape index (κ3) is 3.24. The third-order valence-corrected chi connectivity index (χ3v) is 2.97. The summed E-state index contributed by atoms with van der Waals surface area (Å²) in [5.41, 5.74) is 2.84. The third-order valence-electron chi connectivity index (χ3n) is 2.72. The standard InChI is InChI=1S/C14H15Cl/c15-14-10-8-13(9-11-14)5-2-1-4-12-6-3-7-12/h2,4-5,8-11H,1,3,6-7H2/b5-2+. The first-order chi connectivity index (χ1) is 7.34. The van der Waals surface area contributed by atoms with E-state index >= 15 is 0 Å². The van der Waals surface area contributed by atoms with Crippen LogP contribution >= 0.6 is 11.6 Å². The molecule has 0 radical (unpaired) electrons. The first-order valence-electron chi connectivity index (χ1n) is 5.44. The van der Waals surface area contributed by atoms with Crippen LogP contribution in [0.15, 0.2) is 42.0 Å². The molecule has 15 heavy (non-hydrogen) atoms. The van der Waals surface area contributed by atoms with Gasteiger partial charge < -0.3 is 0 Å². The van der Waals surface area contributed by atoms with E-state index in [2.05, 4.69) is 18.2 Å². The molecular weight excluding hydrogens is 204 g/mol. The van der Waals surface area contributed by atoms with Crippen molar-refractivity contribution in [3.8, 4) is 0 Å². The van der Waals surface area contributed by atoms with Gasteiger partial charge in [0.25, 0.3) is 0 Å². The van der Waals surface area contributed by atoms with Gasteiger partial charge in [-0.15, -0.1) is 0 Å². The van der Waals surface area contributed by atoms with E-state index in [1.54, 1.807) is 5.57 Å². The summed E-state index contributed by atoms with van der Waals surface area (Å²) >= 11 is 5.81. The molecule has 0 unspecified atom stereocenters. The summed E-state index contributed by atoms with van der Waals surface area (Å²) in [5.74, 6) is 0. The maximum atomic E-state index is 5.81. The number of hydrogen-bond acceptors (Lipinski definition) is 0. The van der Waals surface area contributed by atoms with Gasteiger partial charge >= 0.3 is 0 Å². The lowest BCUT2D eigenvalue weighted by Gasteiger charge is -2.15. The Morgan fingerprint density at radius 3 is 2.47 bits per heavy atom. The molecule has 78 valence electrons. The van der Waals surface area contributed by atoms with E-state index in [1.165, 1.54) is 24.8 Å². The molecule has 0 aromatic heterocycles. The molecule has 0 nitrogen and oxygen atoms in total. The molecule has 1 aliphatic rings. The van der Waals surface area contributed by atoms with Gasteiger partial charge in [-0.05, 0) is 43.4 Å². The number of benzene rings is 1. The summed E-state index contributed by atoms with van der Waals surface area (Å²) < 4.78 is 0. The van der Waals surface area contributed by atoms with E-state index in [4.69, 9.17) is 11.6 Å². The van der Waals surface area contributed by atoms with Gasteiger partial charge in [-0.25, -0.2) is 0 Å². The van der Waals surface area contributed by atoms with Gasteiger partial charge in [0.1, 0.15) is 0 Å². The quantitative estimate of drug-likeness (QED) is 0.636. The molecule has 0 aliphatic heterocycles. The zero-order chi connectivity index (χ0) is 10.5. The van der Waals surface area contributed by atoms with Crippen molar-refractivity contribution in [1.29, 1.82) is 0 Å². The number of hydrogen-bond donors (Lipinski definition) is 0. The molecule has 1 aromatic carbocycles. The molecular formula is C14H15Cl. The van der Waals surface area contributed by atoms with Crippen LogP contribution < -0.4 is 0 Å². The SMILES string of the molecule is Clc1ccc(/C=C/CC=C2CCC2)cc1. The smallest absolute Gasteiger partial charge is 0.0406 e. The van der Waals surface area contributed by atoms with Crippen LogP contribution in [0.5, 0.6) is 0 Å². The highest BCUT2D eigenvalue weighted by Gasteiger charge is 2.05. The highest BCUT2D eigenvalue weighted by Crippen LogP contribution is 2.25. The first-order valence-corrected chi connectivity index (χ1v) is 5.82. The monoisotopic (exact) mass is 218 g/mol. The maximum absolute atomic E-state index is 5.81. The van der Waals surface area contributed by atoms with Crippen molar-refractivity contribution in [2.75, 3.05) is 0 Å². The second-order valence-electron chi connectivity index (χ2n) is 3.91. The van der Waals surface area contributed by atoms with Crippen LogP contribution in [0, 0.1) is 0 Å². The Balaban J connectivity index is 1.85. The molecule has 1 aromatic rings.